The van der Waals surface area contributed by atoms with Crippen molar-refractivity contribution in [3.63, 3.8) is 0 Å². The van der Waals surface area contributed by atoms with Crippen LogP contribution in [0.25, 0.3) is 5.78 Å². The molecule has 15 heavy (non-hydrogen) atoms. The summed E-state index contributed by atoms with van der Waals surface area (Å²) in [5, 5.41) is 12.3. The molecule has 0 aliphatic heterocycles. The van der Waals surface area contributed by atoms with Gasteiger partial charge in [-0.15, -0.1) is 10.2 Å². The summed E-state index contributed by atoms with van der Waals surface area (Å²) in [6, 6.07) is 0. The van der Waals surface area contributed by atoms with Crippen molar-refractivity contribution in [3.8, 4) is 0 Å². The second-order valence-electron chi connectivity index (χ2n) is 2.84. The molecule has 0 aliphatic carbocycles. The van der Waals surface area contributed by atoms with Gasteiger partial charge in [-0.05, 0) is 13.0 Å². The van der Waals surface area contributed by atoms with E-state index in [2.05, 4.69) is 20.3 Å². The summed E-state index contributed by atoms with van der Waals surface area (Å²) >= 11 is 1.51. The summed E-state index contributed by atoms with van der Waals surface area (Å²) in [4.78, 5) is 13.5. The topological polar surface area (TPSA) is 102 Å². The maximum absolute atomic E-state index is 10.9. The molecule has 7 nitrogen and oxygen atoms in total. The Morgan fingerprint density at radius 3 is 3.20 bits per heavy atom. The Bertz CT molecular complexity index is 505. The molecule has 0 radical (unpaired) electrons. The van der Waals surface area contributed by atoms with E-state index in [9.17, 15) is 4.79 Å². The van der Waals surface area contributed by atoms with E-state index < -0.39 is 0 Å². The number of nitrogens with two attached hydrogens (primary N) is 1. The number of fused-ring (bicyclic) bond motifs is 1. The second kappa shape index (κ2) is 4.41. The Balaban J connectivity index is 2.25. The number of nitrogens with one attached hydrogen (secondary N) is 1. The molecule has 0 saturated carbocycles. The average molecular weight is 226 g/mol. The van der Waals surface area contributed by atoms with Crippen molar-refractivity contribution in [1.82, 2.24) is 24.8 Å². The molecule has 2 aromatic heterocycles. The van der Waals surface area contributed by atoms with Gasteiger partial charge in [0.25, 0.3) is 11.3 Å². The van der Waals surface area contributed by atoms with Crippen LogP contribution in [0.5, 0.6) is 0 Å². The Morgan fingerprint density at radius 2 is 2.40 bits per heavy atom. The molecule has 3 N–H and O–H groups in total. The van der Waals surface area contributed by atoms with E-state index in [1.54, 1.807) is 0 Å². The number of aromatic amines is 1. The average Bonchev–Trinajstić information content (AvgIpc) is 2.61. The minimum Gasteiger partial charge on any atom is -0.330 e. The minimum atomic E-state index is -0.284. The van der Waals surface area contributed by atoms with Crippen LogP contribution >= 0.6 is 11.8 Å². The van der Waals surface area contributed by atoms with E-state index in [-0.39, 0.29) is 5.56 Å². The van der Waals surface area contributed by atoms with Gasteiger partial charge in [-0.1, -0.05) is 11.8 Å². The van der Waals surface area contributed by atoms with Crippen LogP contribution in [0.15, 0.2) is 16.1 Å². The second-order valence-corrected chi connectivity index (χ2v) is 3.90. The van der Waals surface area contributed by atoms with E-state index in [1.807, 2.05) is 0 Å². The predicted molar refractivity (Wildman–Crippen MR) is 55.8 cm³/mol. The van der Waals surface area contributed by atoms with Crippen molar-refractivity contribution in [2.75, 3.05) is 12.3 Å². The lowest BCUT2D eigenvalue weighted by molar-refractivity contribution is 0.789. The first-order valence-corrected chi connectivity index (χ1v) is 5.43. The van der Waals surface area contributed by atoms with Gasteiger partial charge in [0.2, 0.25) is 5.16 Å². The molecule has 0 amide bonds. The minimum absolute atomic E-state index is 0.284. The standard InChI is InChI=1S/C7H10N6OS/c8-2-1-3-15-7-12-11-6-10-5(14)4-9-13(6)7/h4H,1-3,8H2,(H,10,11,14). The third-order valence-electron chi connectivity index (χ3n) is 1.72. The molecule has 0 saturated heterocycles. The van der Waals surface area contributed by atoms with E-state index in [4.69, 9.17) is 5.73 Å². The van der Waals surface area contributed by atoms with Crippen molar-refractivity contribution in [3.05, 3.63) is 16.6 Å². The Morgan fingerprint density at radius 1 is 1.53 bits per heavy atom. The summed E-state index contributed by atoms with van der Waals surface area (Å²) in [6.07, 6.45) is 2.10. The lowest BCUT2D eigenvalue weighted by Crippen LogP contribution is -2.09. The molecule has 2 heterocycles. The van der Waals surface area contributed by atoms with Gasteiger partial charge in [-0.2, -0.15) is 9.61 Å². The fourth-order valence-electron chi connectivity index (χ4n) is 1.04. The van der Waals surface area contributed by atoms with Crippen molar-refractivity contribution < 1.29 is 0 Å². The van der Waals surface area contributed by atoms with E-state index in [0.29, 0.717) is 17.5 Å². The van der Waals surface area contributed by atoms with Gasteiger partial charge in [0.05, 0.1) is 0 Å². The van der Waals surface area contributed by atoms with Crippen LogP contribution in [0.3, 0.4) is 0 Å². The third kappa shape index (κ3) is 2.16. The van der Waals surface area contributed by atoms with Crippen LogP contribution < -0.4 is 11.3 Å². The molecular weight excluding hydrogens is 216 g/mol. The molecule has 0 fully saturated rings. The van der Waals surface area contributed by atoms with Gasteiger partial charge < -0.3 is 5.73 Å². The lowest BCUT2D eigenvalue weighted by atomic mass is 10.5. The molecule has 8 heteroatoms. The van der Waals surface area contributed by atoms with E-state index in [1.165, 1.54) is 22.5 Å². The smallest absolute Gasteiger partial charge is 0.271 e. The molecule has 0 spiro atoms. The maximum Gasteiger partial charge on any atom is 0.271 e. The van der Waals surface area contributed by atoms with E-state index in [0.717, 1.165) is 12.2 Å². The first-order chi connectivity index (χ1) is 7.31. The number of nitrogens with zero attached hydrogens (tertiary/aromatic N) is 4. The fraction of sp³-hybridized carbons (Fsp3) is 0.429. The largest absolute Gasteiger partial charge is 0.330 e. The van der Waals surface area contributed by atoms with Gasteiger partial charge in [0, 0.05) is 5.75 Å². The number of hydrogen-bond acceptors (Lipinski definition) is 6. The lowest BCUT2D eigenvalue weighted by Gasteiger charge is -1.96. The van der Waals surface area contributed by atoms with Crippen molar-refractivity contribution >= 4 is 17.5 Å². The third-order valence-corrected chi connectivity index (χ3v) is 2.72. The molecule has 0 unspecified atom stereocenters. The Kier molecular flexibility index (Phi) is 2.97. The Labute approximate surface area is 89.1 Å². The van der Waals surface area contributed by atoms with Gasteiger partial charge in [0.1, 0.15) is 6.20 Å². The van der Waals surface area contributed by atoms with Crippen molar-refractivity contribution in [2.24, 2.45) is 5.73 Å². The molecule has 0 aliphatic rings. The molecule has 0 aromatic carbocycles. The molecule has 2 rings (SSSR count). The van der Waals surface area contributed by atoms with Gasteiger partial charge in [-0.3, -0.25) is 9.78 Å². The predicted octanol–water partition coefficient (Wildman–Crippen LogP) is -0.746. The SMILES string of the molecule is NCCCSc1nnc2[nH]c(=O)cnn12. The highest BCUT2D eigenvalue weighted by Crippen LogP contribution is 2.14. The van der Waals surface area contributed by atoms with Crippen LogP contribution in [0.4, 0.5) is 0 Å². The van der Waals surface area contributed by atoms with Crippen LogP contribution in [0.1, 0.15) is 6.42 Å². The molecule has 0 bridgehead atoms. The fourth-order valence-corrected chi connectivity index (χ4v) is 1.88. The van der Waals surface area contributed by atoms with Crippen LogP contribution in [-0.2, 0) is 0 Å². The van der Waals surface area contributed by atoms with E-state index >= 15 is 0 Å². The number of hydrogen-bond donors (Lipinski definition) is 2. The van der Waals surface area contributed by atoms with Crippen LogP contribution in [0.2, 0.25) is 0 Å². The zero-order valence-electron chi connectivity index (χ0n) is 7.88. The van der Waals surface area contributed by atoms with Gasteiger partial charge in [0.15, 0.2) is 0 Å². The number of thioether (sulfide) groups is 1. The Hall–Kier alpha value is -1.41. The zero-order chi connectivity index (χ0) is 10.7. The van der Waals surface area contributed by atoms with Crippen molar-refractivity contribution in [2.45, 2.75) is 11.6 Å². The molecule has 0 atom stereocenters. The van der Waals surface area contributed by atoms with Crippen molar-refractivity contribution in [1.29, 1.82) is 0 Å². The van der Waals surface area contributed by atoms with Crippen LogP contribution in [0, 0.1) is 0 Å². The maximum atomic E-state index is 10.9. The highest BCUT2D eigenvalue weighted by molar-refractivity contribution is 7.99. The summed E-state index contributed by atoms with van der Waals surface area (Å²) in [6.45, 7) is 0.647. The number of H-pyrrole nitrogens is 1. The quantitative estimate of drug-likeness (QED) is 0.525. The van der Waals surface area contributed by atoms with Gasteiger partial charge >= 0.3 is 0 Å². The van der Waals surface area contributed by atoms with Gasteiger partial charge in [-0.25, -0.2) is 0 Å². The molecule has 2 aromatic rings. The summed E-state index contributed by atoms with van der Waals surface area (Å²) in [5.41, 5.74) is 5.10. The first-order valence-electron chi connectivity index (χ1n) is 4.45. The normalized spacial score (nSPS) is 11.0. The van der Waals surface area contributed by atoms with Crippen LogP contribution in [-0.4, -0.2) is 37.1 Å². The summed E-state index contributed by atoms with van der Waals surface area (Å²) in [7, 11) is 0. The first kappa shape index (κ1) is 10.1. The zero-order valence-corrected chi connectivity index (χ0v) is 8.70. The highest BCUT2D eigenvalue weighted by atomic mass is 32.2. The highest BCUT2D eigenvalue weighted by Gasteiger charge is 2.06. The molecule has 80 valence electrons. The molecular formula is C7H10N6OS. The number of aromatic nitrogens is 5. The summed E-state index contributed by atoms with van der Waals surface area (Å²) in [5.74, 6) is 1.22. The monoisotopic (exact) mass is 226 g/mol. The summed E-state index contributed by atoms with van der Waals surface area (Å²) < 4.78 is 1.50. The number of rotatable bonds is 4.